The van der Waals surface area contributed by atoms with E-state index in [0.29, 0.717) is 21.8 Å². The molecule has 1 heterocycles. The Balaban J connectivity index is 1.86. The summed E-state index contributed by atoms with van der Waals surface area (Å²) >= 11 is 6.04. The molecular weight excluding hydrogens is 396 g/mol. The second-order valence-corrected chi connectivity index (χ2v) is 7.85. The average Bonchev–Trinajstić information content (AvgIpc) is 2.95. The van der Waals surface area contributed by atoms with E-state index in [1.807, 2.05) is 57.2 Å². The maximum atomic E-state index is 13.5. The predicted octanol–water partition coefficient (Wildman–Crippen LogP) is 5.66. The van der Waals surface area contributed by atoms with Crippen LogP contribution in [0.2, 0.25) is 5.02 Å². The highest BCUT2D eigenvalue weighted by Crippen LogP contribution is 2.36. The molecule has 2 amide bonds. The zero-order valence-electron chi connectivity index (χ0n) is 17.0. The van der Waals surface area contributed by atoms with Gasteiger partial charge in [-0.1, -0.05) is 48.0 Å². The fourth-order valence-electron chi connectivity index (χ4n) is 3.59. The maximum Gasteiger partial charge on any atom is 0.282 e. The van der Waals surface area contributed by atoms with E-state index in [4.69, 9.17) is 11.6 Å². The summed E-state index contributed by atoms with van der Waals surface area (Å²) in [6.45, 7) is 5.85. The summed E-state index contributed by atoms with van der Waals surface area (Å²) < 4.78 is 0. The average molecular weight is 417 g/mol. The Morgan fingerprint density at radius 3 is 2.23 bits per heavy atom. The lowest BCUT2D eigenvalue weighted by Gasteiger charge is -2.19. The van der Waals surface area contributed by atoms with Crippen molar-refractivity contribution in [2.45, 2.75) is 20.8 Å². The molecule has 0 saturated heterocycles. The van der Waals surface area contributed by atoms with Gasteiger partial charge in [-0.05, 0) is 73.4 Å². The first-order chi connectivity index (χ1) is 14.4. The van der Waals surface area contributed by atoms with Gasteiger partial charge in [0.25, 0.3) is 11.8 Å². The molecule has 0 atom stereocenters. The third-order valence-corrected chi connectivity index (χ3v) is 5.57. The molecule has 0 bridgehead atoms. The van der Waals surface area contributed by atoms with Crippen LogP contribution in [-0.4, -0.2) is 11.8 Å². The van der Waals surface area contributed by atoms with Crippen LogP contribution in [0.4, 0.5) is 11.4 Å². The highest BCUT2D eigenvalue weighted by molar-refractivity contribution is 6.46. The smallest absolute Gasteiger partial charge is 0.282 e. The van der Waals surface area contributed by atoms with E-state index in [-0.39, 0.29) is 17.5 Å². The first-order valence-electron chi connectivity index (χ1n) is 9.65. The number of carbonyl (C=O) groups is 2. The number of rotatable bonds is 4. The zero-order chi connectivity index (χ0) is 21.4. The summed E-state index contributed by atoms with van der Waals surface area (Å²) in [5.41, 5.74) is 5.54. The number of hydrogen-bond acceptors (Lipinski definition) is 3. The van der Waals surface area contributed by atoms with Crippen molar-refractivity contribution >= 4 is 40.4 Å². The topological polar surface area (TPSA) is 49.4 Å². The molecule has 150 valence electrons. The van der Waals surface area contributed by atoms with Crippen molar-refractivity contribution in [1.29, 1.82) is 0 Å². The summed E-state index contributed by atoms with van der Waals surface area (Å²) in [5.74, 6) is -0.730. The van der Waals surface area contributed by atoms with Crippen LogP contribution in [0, 0.1) is 20.8 Å². The fourth-order valence-corrected chi connectivity index (χ4v) is 3.72. The van der Waals surface area contributed by atoms with Crippen LogP contribution >= 0.6 is 11.6 Å². The minimum absolute atomic E-state index is 0.258. The lowest BCUT2D eigenvalue weighted by Crippen LogP contribution is -2.33. The number of hydrogen-bond donors (Lipinski definition) is 1. The summed E-state index contributed by atoms with van der Waals surface area (Å²) in [6, 6.07) is 20.2. The Bertz CT molecular complexity index is 1200. The monoisotopic (exact) mass is 416 g/mol. The molecule has 30 heavy (non-hydrogen) atoms. The molecule has 0 radical (unpaired) electrons. The van der Waals surface area contributed by atoms with Crippen molar-refractivity contribution in [3.63, 3.8) is 0 Å². The molecule has 0 saturated carbocycles. The zero-order valence-corrected chi connectivity index (χ0v) is 17.7. The number of halogens is 1. The van der Waals surface area contributed by atoms with Gasteiger partial charge in [0, 0.05) is 10.7 Å². The third kappa shape index (κ3) is 3.51. The molecule has 0 spiro atoms. The van der Waals surface area contributed by atoms with Gasteiger partial charge in [0.2, 0.25) is 0 Å². The Morgan fingerprint density at radius 1 is 0.833 bits per heavy atom. The summed E-state index contributed by atoms with van der Waals surface area (Å²) in [6.07, 6.45) is 0. The fraction of sp³-hybridized carbons (Fsp3) is 0.120. The molecule has 3 aromatic rings. The lowest BCUT2D eigenvalue weighted by atomic mass is 10.0. The molecule has 4 nitrogen and oxygen atoms in total. The van der Waals surface area contributed by atoms with Crippen molar-refractivity contribution in [3.05, 3.63) is 99.7 Å². The Morgan fingerprint density at radius 2 is 1.53 bits per heavy atom. The van der Waals surface area contributed by atoms with Crippen molar-refractivity contribution in [2.75, 3.05) is 10.2 Å². The van der Waals surface area contributed by atoms with Gasteiger partial charge in [-0.2, -0.15) is 0 Å². The van der Waals surface area contributed by atoms with Crippen LogP contribution in [0.3, 0.4) is 0 Å². The van der Waals surface area contributed by atoms with Gasteiger partial charge < -0.3 is 5.32 Å². The molecule has 0 aliphatic carbocycles. The minimum atomic E-state index is -0.375. The molecule has 0 aromatic heterocycles. The lowest BCUT2D eigenvalue weighted by molar-refractivity contribution is -0.120. The van der Waals surface area contributed by atoms with Crippen LogP contribution in [0.15, 0.2) is 72.4 Å². The van der Waals surface area contributed by atoms with E-state index < -0.39 is 0 Å². The highest BCUT2D eigenvalue weighted by atomic mass is 35.5. The van der Waals surface area contributed by atoms with Gasteiger partial charge in [-0.3, -0.25) is 9.59 Å². The van der Waals surface area contributed by atoms with Gasteiger partial charge in [0.05, 0.1) is 11.3 Å². The van der Waals surface area contributed by atoms with Crippen LogP contribution < -0.4 is 10.2 Å². The first kappa shape index (κ1) is 19.9. The molecule has 4 rings (SSSR count). The maximum absolute atomic E-state index is 13.5. The SMILES string of the molecule is Cc1cccc(NC2=C(c3ccc(Cl)cc3)C(=O)N(c3cccc(C)c3C)C2=O)c1. The van der Waals surface area contributed by atoms with E-state index in [2.05, 4.69) is 5.32 Å². The molecule has 1 aliphatic heterocycles. The van der Waals surface area contributed by atoms with Gasteiger partial charge in [0.15, 0.2) is 0 Å². The molecule has 1 aliphatic rings. The summed E-state index contributed by atoms with van der Waals surface area (Å²) in [4.78, 5) is 28.2. The van der Waals surface area contributed by atoms with E-state index in [9.17, 15) is 9.59 Å². The van der Waals surface area contributed by atoms with Crippen LogP contribution in [0.1, 0.15) is 22.3 Å². The number of nitrogens with one attached hydrogen (secondary N) is 1. The first-order valence-corrected chi connectivity index (χ1v) is 10.0. The van der Waals surface area contributed by atoms with Gasteiger partial charge in [-0.15, -0.1) is 0 Å². The minimum Gasteiger partial charge on any atom is -0.350 e. The Labute approximate surface area is 180 Å². The van der Waals surface area contributed by atoms with E-state index in [1.54, 1.807) is 30.3 Å². The van der Waals surface area contributed by atoms with Gasteiger partial charge in [0.1, 0.15) is 5.70 Å². The van der Waals surface area contributed by atoms with Crippen molar-refractivity contribution < 1.29 is 9.59 Å². The van der Waals surface area contributed by atoms with E-state index in [1.165, 1.54) is 4.90 Å². The second-order valence-electron chi connectivity index (χ2n) is 7.42. The van der Waals surface area contributed by atoms with Crippen molar-refractivity contribution in [3.8, 4) is 0 Å². The van der Waals surface area contributed by atoms with Gasteiger partial charge in [-0.25, -0.2) is 4.90 Å². The molecule has 3 aromatic carbocycles. The van der Waals surface area contributed by atoms with E-state index in [0.717, 1.165) is 22.4 Å². The van der Waals surface area contributed by atoms with Crippen LogP contribution in [0.5, 0.6) is 0 Å². The second kappa shape index (κ2) is 7.81. The van der Waals surface area contributed by atoms with Crippen LogP contribution in [0.25, 0.3) is 5.57 Å². The third-order valence-electron chi connectivity index (χ3n) is 5.32. The Hall–Kier alpha value is -3.37. The van der Waals surface area contributed by atoms with E-state index >= 15 is 0 Å². The predicted molar refractivity (Wildman–Crippen MR) is 122 cm³/mol. The number of nitrogens with zero attached hydrogens (tertiary/aromatic N) is 1. The standard InChI is InChI=1S/C25H21ClN2O2/c1-15-6-4-8-20(14-15)27-23-22(18-10-12-19(26)13-11-18)24(29)28(25(23)30)21-9-5-7-16(2)17(21)3/h4-14,27H,1-3H3. The molecule has 1 N–H and O–H groups in total. The number of aryl methyl sites for hydroxylation is 2. The normalized spacial score (nSPS) is 13.9. The Kier molecular flexibility index (Phi) is 5.18. The van der Waals surface area contributed by atoms with Crippen LogP contribution in [-0.2, 0) is 9.59 Å². The highest BCUT2D eigenvalue weighted by Gasteiger charge is 2.40. The van der Waals surface area contributed by atoms with Gasteiger partial charge >= 0.3 is 0 Å². The number of benzene rings is 3. The largest absolute Gasteiger partial charge is 0.350 e. The number of amides is 2. The summed E-state index contributed by atoms with van der Waals surface area (Å²) in [5, 5.41) is 3.76. The number of carbonyl (C=O) groups excluding carboxylic acids is 2. The quantitative estimate of drug-likeness (QED) is 0.558. The van der Waals surface area contributed by atoms with Crippen molar-refractivity contribution in [2.24, 2.45) is 0 Å². The molecular formula is C25H21ClN2O2. The van der Waals surface area contributed by atoms with Crippen molar-refractivity contribution in [1.82, 2.24) is 0 Å². The summed E-state index contributed by atoms with van der Waals surface area (Å²) in [7, 11) is 0. The molecule has 5 heteroatoms. The number of anilines is 2. The molecule has 0 unspecified atom stereocenters. The number of imide groups is 1. The molecule has 0 fully saturated rings.